The Morgan fingerprint density at radius 1 is 0.849 bits per heavy atom. The molecule has 1 saturated heterocycles. The number of nitrogens with one attached hydrogen (secondary N) is 3. The predicted octanol–water partition coefficient (Wildman–Crippen LogP) is 3.28. The van der Waals surface area contributed by atoms with E-state index in [2.05, 4.69) is 16.0 Å². The van der Waals surface area contributed by atoms with Crippen LogP contribution in [0.1, 0.15) is 119 Å². The zero-order valence-corrected chi connectivity index (χ0v) is 45.7. The molecule has 20 heteroatoms. The minimum absolute atomic E-state index is 0.00336. The van der Waals surface area contributed by atoms with Crippen LogP contribution in [0.15, 0.2) is 30.3 Å². The van der Waals surface area contributed by atoms with Crippen LogP contribution in [0.25, 0.3) is 0 Å². The van der Waals surface area contributed by atoms with Crippen molar-refractivity contribution in [2.24, 2.45) is 29.4 Å². The van der Waals surface area contributed by atoms with E-state index in [1.54, 1.807) is 23.8 Å². The molecule has 6 N–H and O–H groups in total. The van der Waals surface area contributed by atoms with Gasteiger partial charge >= 0.3 is 11.9 Å². The maximum Gasteiger partial charge on any atom is 0.328 e. The number of carbonyl (C=O) groups excluding carboxylic acids is 7. The number of hydrogen-bond donors (Lipinski definition) is 5. The van der Waals surface area contributed by atoms with E-state index < -0.39 is 84.5 Å². The van der Waals surface area contributed by atoms with Crippen LogP contribution < -0.4 is 21.7 Å². The number of esters is 2. The molecule has 1 aliphatic rings. The Hall–Kier alpha value is -4.73. The second kappa shape index (κ2) is 34.0. The summed E-state index contributed by atoms with van der Waals surface area (Å²) in [6.07, 6.45) is 0.461. The molecule has 1 aromatic carbocycles. The molecule has 0 aromatic heterocycles. The molecular weight excluding hydrogens is 945 g/mol. The van der Waals surface area contributed by atoms with Crippen LogP contribution in [-0.2, 0) is 68.4 Å². The molecule has 2 unspecified atom stereocenters. The Morgan fingerprint density at radius 2 is 1.53 bits per heavy atom. The second-order valence-corrected chi connectivity index (χ2v) is 19.8. The first kappa shape index (κ1) is 64.4. The molecule has 11 atom stereocenters. The van der Waals surface area contributed by atoms with Gasteiger partial charge in [0.2, 0.25) is 29.5 Å². The molecule has 1 fully saturated rings. The Labute approximate surface area is 434 Å². The van der Waals surface area contributed by atoms with Crippen molar-refractivity contribution in [2.45, 2.75) is 174 Å². The van der Waals surface area contributed by atoms with E-state index >= 15 is 0 Å². The highest BCUT2D eigenvalue weighted by Crippen LogP contribution is 2.30. The van der Waals surface area contributed by atoms with E-state index in [0.29, 0.717) is 38.6 Å². The quantitative estimate of drug-likeness (QED) is 0.0371. The first-order valence-electron chi connectivity index (χ1n) is 26.1. The average Bonchev–Trinajstić information content (AvgIpc) is 3.86. The SMILES string of the molecule is CCC(CO)OC(COC(=O)CCCC(=O)NCCCOC(=O)[C@H](Cc1ccccc1)NC(=O)[C@H](C)[C@@H](OC)[C@@H]1CCCN1C(=O)C[C@@H](OC)[C@H]([C@@H](C)CC)N(C)C(=O)[C@H](NC(=O)[C@@H](N)C(C)C)C(C)C)OC. The van der Waals surface area contributed by atoms with Crippen molar-refractivity contribution in [1.82, 2.24) is 25.8 Å². The van der Waals surface area contributed by atoms with Crippen LogP contribution >= 0.6 is 0 Å². The fourth-order valence-corrected chi connectivity index (χ4v) is 8.87. The van der Waals surface area contributed by atoms with Gasteiger partial charge in [-0.2, -0.15) is 0 Å². The largest absolute Gasteiger partial charge is 0.464 e. The van der Waals surface area contributed by atoms with Gasteiger partial charge in [0, 0.05) is 60.7 Å². The third-order valence-corrected chi connectivity index (χ3v) is 13.7. The summed E-state index contributed by atoms with van der Waals surface area (Å²) in [6.45, 7) is 15.2. The van der Waals surface area contributed by atoms with Gasteiger partial charge in [0.05, 0.1) is 62.0 Å². The first-order chi connectivity index (χ1) is 34.7. The summed E-state index contributed by atoms with van der Waals surface area (Å²) in [5, 5.41) is 17.8. The molecule has 73 heavy (non-hydrogen) atoms. The van der Waals surface area contributed by atoms with Crippen molar-refractivity contribution >= 4 is 41.5 Å². The number of rotatable bonds is 35. The standard InChI is InChI=1S/C53H90N6O14/c1-13-35(7)48(58(9)52(66)47(34(5)6)57-51(65)46(54)33(3)4)41(68-10)30-43(62)59-27-19-23-40(59)49(70-12)36(8)50(64)56-39(29-37-21-16-15-17-22-37)53(67)71-28-20-26-55-42(61)24-18-25-44(63)72-32-45(69-11)73-38(14-2)31-60/h15-17,21-22,33-36,38-41,45-49,60H,13-14,18-20,23-32,54H2,1-12H3,(H,55,61)(H,56,64)(H,57,65)/t35-,36+,38?,39-,40-,41+,45?,46-,47+,48-,49+/m0/s1. The lowest BCUT2D eigenvalue weighted by Crippen LogP contribution is -2.59. The molecule has 0 aliphatic carbocycles. The minimum atomic E-state index is -1.06. The molecule has 1 heterocycles. The maximum absolute atomic E-state index is 14.4. The lowest BCUT2D eigenvalue weighted by Gasteiger charge is -2.41. The van der Waals surface area contributed by atoms with E-state index in [9.17, 15) is 38.7 Å². The third kappa shape index (κ3) is 21.2. The van der Waals surface area contributed by atoms with Gasteiger partial charge < -0.3 is 65.0 Å². The van der Waals surface area contributed by atoms with Crippen molar-refractivity contribution in [3.05, 3.63) is 35.9 Å². The fraction of sp³-hybridized carbons (Fsp3) is 0.755. The minimum Gasteiger partial charge on any atom is -0.464 e. The van der Waals surface area contributed by atoms with Crippen molar-refractivity contribution in [2.75, 3.05) is 61.3 Å². The summed E-state index contributed by atoms with van der Waals surface area (Å²) in [5.41, 5.74) is 6.92. The van der Waals surface area contributed by atoms with Crippen LogP contribution in [0, 0.1) is 23.7 Å². The Kier molecular flexibility index (Phi) is 30.0. The number of ether oxygens (including phenoxy) is 6. The molecule has 0 spiro atoms. The molecule has 1 aromatic rings. The molecule has 1 aliphatic heterocycles. The molecule has 2 rings (SSSR count). The monoisotopic (exact) mass is 1030 g/mol. The number of methoxy groups -OCH3 is 3. The summed E-state index contributed by atoms with van der Waals surface area (Å²) < 4.78 is 33.5. The summed E-state index contributed by atoms with van der Waals surface area (Å²) in [6, 6.07) is 5.48. The van der Waals surface area contributed by atoms with Gasteiger partial charge in [-0.05, 0) is 55.4 Å². The number of benzene rings is 1. The summed E-state index contributed by atoms with van der Waals surface area (Å²) >= 11 is 0. The smallest absolute Gasteiger partial charge is 0.328 e. The van der Waals surface area contributed by atoms with Gasteiger partial charge in [0.1, 0.15) is 18.7 Å². The summed E-state index contributed by atoms with van der Waals surface area (Å²) in [4.78, 5) is 97.3. The Bertz CT molecular complexity index is 1840. The van der Waals surface area contributed by atoms with Crippen LogP contribution in [0.3, 0.4) is 0 Å². The highest BCUT2D eigenvalue weighted by atomic mass is 16.7. The van der Waals surface area contributed by atoms with Crippen LogP contribution in [0.5, 0.6) is 0 Å². The van der Waals surface area contributed by atoms with Crippen LogP contribution in [0.2, 0.25) is 0 Å². The number of hydrogen-bond acceptors (Lipinski definition) is 15. The van der Waals surface area contributed by atoms with E-state index in [1.165, 1.54) is 21.3 Å². The lowest BCUT2D eigenvalue weighted by atomic mass is 9.89. The molecule has 0 bridgehead atoms. The van der Waals surface area contributed by atoms with Gasteiger partial charge in [-0.1, -0.05) is 92.1 Å². The zero-order chi connectivity index (χ0) is 54.8. The normalized spacial score (nSPS) is 17.8. The molecule has 20 nitrogen and oxygen atoms in total. The highest BCUT2D eigenvalue weighted by molar-refractivity contribution is 5.90. The highest BCUT2D eigenvalue weighted by Gasteiger charge is 2.43. The fourth-order valence-electron chi connectivity index (χ4n) is 8.87. The number of aliphatic hydroxyl groups excluding tert-OH is 1. The zero-order valence-electron chi connectivity index (χ0n) is 45.7. The second-order valence-electron chi connectivity index (χ2n) is 19.8. The number of aliphatic hydroxyl groups is 1. The van der Waals surface area contributed by atoms with Gasteiger partial charge in [-0.25, -0.2) is 4.79 Å². The third-order valence-electron chi connectivity index (χ3n) is 13.7. The summed E-state index contributed by atoms with van der Waals surface area (Å²) in [5.74, 6) is -4.16. The van der Waals surface area contributed by atoms with Crippen molar-refractivity contribution in [3.63, 3.8) is 0 Å². The van der Waals surface area contributed by atoms with Gasteiger partial charge in [-0.15, -0.1) is 0 Å². The number of carbonyl (C=O) groups is 7. The van der Waals surface area contributed by atoms with E-state index in [1.807, 2.05) is 78.8 Å². The van der Waals surface area contributed by atoms with Crippen molar-refractivity contribution in [1.29, 1.82) is 0 Å². The van der Waals surface area contributed by atoms with Gasteiger partial charge in [-0.3, -0.25) is 28.8 Å². The van der Waals surface area contributed by atoms with Gasteiger partial charge in [0.15, 0.2) is 6.29 Å². The van der Waals surface area contributed by atoms with Crippen molar-refractivity contribution < 1.29 is 67.1 Å². The molecular formula is C53H90N6O14. The van der Waals surface area contributed by atoms with Crippen molar-refractivity contribution in [3.8, 4) is 0 Å². The number of nitrogens with two attached hydrogens (primary N) is 1. The van der Waals surface area contributed by atoms with Gasteiger partial charge in [0.25, 0.3) is 0 Å². The Balaban J connectivity index is 2.08. The first-order valence-corrected chi connectivity index (χ1v) is 26.1. The maximum atomic E-state index is 14.4. The molecule has 5 amide bonds. The van der Waals surface area contributed by atoms with E-state index in [-0.39, 0.29) is 93.9 Å². The number of nitrogens with zero attached hydrogens (tertiary/aromatic N) is 2. The number of likely N-dealkylation sites (tertiary alicyclic amines) is 1. The topological polar surface area (TPSA) is 264 Å². The van der Waals surface area contributed by atoms with Crippen LogP contribution in [-0.4, -0.2) is 172 Å². The van der Waals surface area contributed by atoms with E-state index in [0.717, 1.165) is 5.56 Å². The Morgan fingerprint density at radius 3 is 2.11 bits per heavy atom. The average molecular weight is 1040 g/mol. The molecule has 0 saturated carbocycles. The number of likely N-dealkylation sites (N-methyl/N-ethyl adjacent to an activating group) is 1. The summed E-state index contributed by atoms with van der Waals surface area (Å²) in [7, 11) is 6.09. The number of amides is 5. The molecule has 0 radical (unpaired) electrons. The van der Waals surface area contributed by atoms with Crippen LogP contribution in [0.4, 0.5) is 0 Å². The lowest BCUT2D eigenvalue weighted by molar-refractivity contribution is -0.194. The molecule has 416 valence electrons. The predicted molar refractivity (Wildman–Crippen MR) is 274 cm³/mol. The van der Waals surface area contributed by atoms with E-state index in [4.69, 9.17) is 34.2 Å².